The van der Waals surface area contributed by atoms with Crippen LogP contribution in [0.3, 0.4) is 0 Å². The first kappa shape index (κ1) is 17.1. The lowest BCUT2D eigenvalue weighted by atomic mass is 10.1. The Kier molecular flexibility index (Phi) is 7.15. The molecular weight excluding hydrogens is 276 g/mol. The van der Waals surface area contributed by atoms with E-state index in [9.17, 15) is 8.42 Å². The van der Waals surface area contributed by atoms with E-state index in [1.54, 1.807) is 7.11 Å². The van der Waals surface area contributed by atoms with Crippen LogP contribution in [0, 0.1) is 0 Å². The number of sulfonamides is 1. The van der Waals surface area contributed by atoms with Crippen LogP contribution in [0.2, 0.25) is 0 Å². The quantitative estimate of drug-likeness (QED) is 0.674. The third kappa shape index (κ3) is 7.00. The third-order valence-electron chi connectivity index (χ3n) is 2.69. The second-order valence-electron chi connectivity index (χ2n) is 5.00. The van der Waals surface area contributed by atoms with E-state index in [2.05, 4.69) is 23.9 Å². The van der Waals surface area contributed by atoms with Crippen LogP contribution < -0.4 is 10.0 Å². The molecule has 6 heteroatoms. The number of benzene rings is 1. The van der Waals surface area contributed by atoms with Crippen molar-refractivity contribution in [2.45, 2.75) is 32.2 Å². The first-order valence-electron chi connectivity index (χ1n) is 6.70. The molecule has 0 atom stereocenters. The number of rotatable bonds is 9. The minimum atomic E-state index is -3.31. The van der Waals surface area contributed by atoms with Gasteiger partial charge in [-0.15, -0.1) is 0 Å². The van der Waals surface area contributed by atoms with Crippen molar-refractivity contribution in [2.75, 3.05) is 20.3 Å². The summed E-state index contributed by atoms with van der Waals surface area (Å²) in [5.74, 6) is -0.00771. The molecule has 0 spiro atoms. The van der Waals surface area contributed by atoms with Crippen LogP contribution in [0.1, 0.15) is 25.0 Å². The van der Waals surface area contributed by atoms with Gasteiger partial charge in [-0.3, -0.25) is 0 Å². The highest BCUT2D eigenvalue weighted by Gasteiger charge is 2.11. The van der Waals surface area contributed by atoms with Crippen LogP contribution in [0.15, 0.2) is 24.3 Å². The van der Waals surface area contributed by atoms with Gasteiger partial charge in [0.05, 0.1) is 12.4 Å². The average Bonchev–Trinajstić information content (AvgIpc) is 2.36. The summed E-state index contributed by atoms with van der Waals surface area (Å²) in [6.07, 6.45) is 0. The molecule has 0 amide bonds. The van der Waals surface area contributed by atoms with Gasteiger partial charge in [0.15, 0.2) is 0 Å². The molecule has 0 fully saturated rings. The molecule has 2 N–H and O–H groups in total. The molecular formula is C14H24N2O3S. The highest BCUT2D eigenvalue weighted by atomic mass is 32.2. The molecule has 1 aromatic rings. The number of methoxy groups -OCH3 is 1. The highest BCUT2D eigenvalue weighted by molar-refractivity contribution is 7.88. The van der Waals surface area contributed by atoms with Crippen molar-refractivity contribution in [1.82, 2.24) is 10.0 Å². The van der Waals surface area contributed by atoms with Gasteiger partial charge >= 0.3 is 0 Å². The van der Waals surface area contributed by atoms with Crippen molar-refractivity contribution in [3.05, 3.63) is 35.4 Å². The third-order valence-corrected chi connectivity index (χ3v) is 4.05. The highest BCUT2D eigenvalue weighted by Crippen LogP contribution is 2.09. The average molecular weight is 300 g/mol. The maximum Gasteiger partial charge on any atom is 0.215 e. The molecule has 0 aromatic heterocycles. The maximum absolute atomic E-state index is 11.9. The Morgan fingerprint density at radius 1 is 1.25 bits per heavy atom. The molecule has 0 unspecified atom stereocenters. The summed E-state index contributed by atoms with van der Waals surface area (Å²) in [5.41, 5.74) is 1.88. The van der Waals surface area contributed by atoms with E-state index in [1.165, 1.54) is 0 Å². The minimum absolute atomic E-state index is 0.00771. The smallest absolute Gasteiger partial charge is 0.215 e. The first-order chi connectivity index (χ1) is 9.43. The van der Waals surface area contributed by atoms with Crippen molar-refractivity contribution < 1.29 is 13.2 Å². The van der Waals surface area contributed by atoms with Gasteiger partial charge in [0, 0.05) is 26.2 Å². The summed E-state index contributed by atoms with van der Waals surface area (Å²) in [7, 11) is -1.76. The number of nitrogens with one attached hydrogen (secondary N) is 2. The Bertz CT molecular complexity index is 501. The lowest BCUT2D eigenvalue weighted by Gasteiger charge is -2.10. The van der Waals surface area contributed by atoms with Gasteiger partial charge in [0.1, 0.15) is 0 Å². The molecule has 0 bridgehead atoms. The Morgan fingerprint density at radius 2 is 1.95 bits per heavy atom. The van der Waals surface area contributed by atoms with Crippen LogP contribution in [0.25, 0.3) is 0 Å². The lowest BCUT2D eigenvalue weighted by Crippen LogP contribution is -2.28. The Hall–Kier alpha value is -0.950. The topological polar surface area (TPSA) is 67.4 Å². The molecule has 0 aliphatic rings. The first-order valence-corrected chi connectivity index (χ1v) is 8.35. The van der Waals surface area contributed by atoms with Crippen molar-refractivity contribution in [3.8, 4) is 0 Å². The van der Waals surface area contributed by atoms with E-state index in [4.69, 9.17) is 4.74 Å². The second-order valence-corrected chi connectivity index (χ2v) is 6.81. The largest absolute Gasteiger partial charge is 0.383 e. The zero-order chi connectivity index (χ0) is 15.0. The van der Waals surface area contributed by atoms with E-state index in [0.29, 0.717) is 19.2 Å². The molecule has 0 heterocycles. The zero-order valence-corrected chi connectivity index (χ0v) is 13.2. The monoisotopic (exact) mass is 300 g/mol. The van der Waals surface area contributed by atoms with E-state index in [0.717, 1.165) is 17.7 Å². The Balaban J connectivity index is 2.60. The van der Waals surface area contributed by atoms with Gasteiger partial charge in [-0.1, -0.05) is 38.1 Å². The van der Waals surface area contributed by atoms with Gasteiger partial charge in [-0.05, 0) is 11.1 Å². The van der Waals surface area contributed by atoms with Crippen molar-refractivity contribution >= 4 is 10.0 Å². The Labute approximate surface area is 121 Å². The van der Waals surface area contributed by atoms with Gasteiger partial charge in [-0.2, -0.15) is 0 Å². The van der Waals surface area contributed by atoms with Crippen LogP contribution in [0.4, 0.5) is 0 Å². The molecule has 1 aromatic carbocycles. The predicted octanol–water partition coefficient (Wildman–Crippen LogP) is 1.25. The van der Waals surface area contributed by atoms with Gasteiger partial charge in [0.25, 0.3) is 0 Å². The fourth-order valence-electron chi connectivity index (χ4n) is 1.72. The molecule has 0 aliphatic carbocycles. The molecule has 0 saturated carbocycles. The van der Waals surface area contributed by atoms with E-state index < -0.39 is 10.0 Å². The van der Waals surface area contributed by atoms with Crippen LogP contribution in [-0.2, 0) is 27.1 Å². The summed E-state index contributed by atoms with van der Waals surface area (Å²) < 4.78 is 31.1. The number of ether oxygens (including phenoxy) is 1. The van der Waals surface area contributed by atoms with Gasteiger partial charge in [-0.25, -0.2) is 13.1 Å². The van der Waals surface area contributed by atoms with Crippen LogP contribution >= 0.6 is 0 Å². The van der Waals surface area contributed by atoms with Crippen molar-refractivity contribution in [2.24, 2.45) is 0 Å². The fraction of sp³-hybridized carbons (Fsp3) is 0.571. The van der Waals surface area contributed by atoms with Crippen molar-refractivity contribution in [1.29, 1.82) is 0 Å². The molecule has 5 nitrogen and oxygen atoms in total. The lowest BCUT2D eigenvalue weighted by molar-refractivity contribution is 0.204. The van der Waals surface area contributed by atoms with E-state index >= 15 is 0 Å². The van der Waals surface area contributed by atoms with Crippen molar-refractivity contribution in [3.63, 3.8) is 0 Å². The van der Waals surface area contributed by atoms with Crippen LogP contribution in [-0.4, -0.2) is 34.7 Å². The Morgan fingerprint density at radius 3 is 2.60 bits per heavy atom. The number of hydrogen-bond donors (Lipinski definition) is 2. The molecule has 1 rings (SSSR count). The molecule has 0 aliphatic heterocycles. The van der Waals surface area contributed by atoms with Gasteiger partial charge in [0.2, 0.25) is 10.0 Å². The fourth-order valence-corrected chi connectivity index (χ4v) is 2.84. The second kappa shape index (κ2) is 8.36. The summed E-state index contributed by atoms with van der Waals surface area (Å²) in [6, 6.07) is 8.03. The SMILES string of the molecule is COCCNS(=O)(=O)Cc1cccc(CNC(C)C)c1. The minimum Gasteiger partial charge on any atom is -0.383 e. The maximum atomic E-state index is 11.9. The normalized spacial score (nSPS) is 12.0. The van der Waals surface area contributed by atoms with Crippen LogP contribution in [0.5, 0.6) is 0 Å². The molecule has 114 valence electrons. The standard InChI is InChI=1S/C14H24N2O3S/c1-12(2)15-10-13-5-4-6-14(9-13)11-20(17,18)16-7-8-19-3/h4-6,9,12,15-16H,7-8,10-11H2,1-3H3. The van der Waals surface area contributed by atoms with E-state index in [-0.39, 0.29) is 5.75 Å². The summed E-state index contributed by atoms with van der Waals surface area (Å²) in [5, 5.41) is 3.31. The van der Waals surface area contributed by atoms with E-state index in [1.807, 2.05) is 24.3 Å². The van der Waals surface area contributed by atoms with Gasteiger partial charge < -0.3 is 10.1 Å². The number of hydrogen-bond acceptors (Lipinski definition) is 4. The summed E-state index contributed by atoms with van der Waals surface area (Å²) in [6.45, 7) is 5.57. The predicted molar refractivity (Wildman–Crippen MR) is 80.9 cm³/mol. The molecule has 0 saturated heterocycles. The summed E-state index contributed by atoms with van der Waals surface area (Å²) in [4.78, 5) is 0. The summed E-state index contributed by atoms with van der Waals surface area (Å²) >= 11 is 0. The molecule has 0 radical (unpaired) electrons. The molecule has 20 heavy (non-hydrogen) atoms. The zero-order valence-electron chi connectivity index (χ0n) is 12.3.